The highest BCUT2D eigenvalue weighted by Gasteiger charge is 2.05. The lowest BCUT2D eigenvalue weighted by molar-refractivity contribution is -0.222. The molecule has 0 aliphatic rings. The summed E-state index contributed by atoms with van der Waals surface area (Å²) in [4.78, 5) is 10.9. The Labute approximate surface area is 102 Å². The molecular formula is C12H18O4P-. The van der Waals surface area contributed by atoms with Gasteiger partial charge in [-0.2, -0.15) is 0 Å². The summed E-state index contributed by atoms with van der Waals surface area (Å²) in [5.41, 5.74) is 2.35. The van der Waals surface area contributed by atoms with Crippen LogP contribution in [0.4, 0.5) is 0 Å². The number of benzene rings is 1. The van der Waals surface area contributed by atoms with Crippen LogP contribution >= 0.6 is 7.82 Å². The number of rotatable bonds is 7. The summed E-state index contributed by atoms with van der Waals surface area (Å²) < 4.78 is 19.8. The average molecular weight is 257 g/mol. The maximum Gasteiger partial charge on any atom is 0.267 e. The van der Waals surface area contributed by atoms with Crippen LogP contribution in [0.1, 0.15) is 24.5 Å². The molecule has 1 atom stereocenters. The smallest absolute Gasteiger partial charge is 0.267 e. The van der Waals surface area contributed by atoms with Crippen LogP contribution in [-0.2, 0) is 26.5 Å². The zero-order valence-electron chi connectivity index (χ0n) is 10.2. The zero-order valence-corrected chi connectivity index (χ0v) is 11.1. The van der Waals surface area contributed by atoms with Gasteiger partial charge in [-0.1, -0.05) is 37.6 Å². The highest BCUT2D eigenvalue weighted by molar-refractivity contribution is 7.45. The van der Waals surface area contributed by atoms with Crippen molar-refractivity contribution in [1.29, 1.82) is 0 Å². The van der Waals surface area contributed by atoms with Gasteiger partial charge < -0.3 is 13.9 Å². The Morgan fingerprint density at radius 3 is 2.18 bits per heavy atom. The quantitative estimate of drug-likeness (QED) is 0.703. The number of aryl methyl sites for hydroxylation is 1. The normalized spacial score (nSPS) is 14.5. The van der Waals surface area contributed by atoms with E-state index in [1.807, 2.05) is 12.1 Å². The fourth-order valence-electron chi connectivity index (χ4n) is 1.49. The van der Waals surface area contributed by atoms with Crippen molar-refractivity contribution in [3.05, 3.63) is 35.4 Å². The molecule has 0 saturated carbocycles. The van der Waals surface area contributed by atoms with E-state index in [9.17, 15) is 9.46 Å². The van der Waals surface area contributed by atoms with Crippen molar-refractivity contribution in [2.75, 3.05) is 13.7 Å². The molecule has 0 heterocycles. The van der Waals surface area contributed by atoms with Crippen LogP contribution < -0.4 is 4.89 Å². The van der Waals surface area contributed by atoms with E-state index in [4.69, 9.17) is 0 Å². The van der Waals surface area contributed by atoms with E-state index >= 15 is 0 Å². The van der Waals surface area contributed by atoms with Crippen molar-refractivity contribution >= 4 is 7.82 Å². The Morgan fingerprint density at radius 1 is 1.18 bits per heavy atom. The molecule has 0 radical (unpaired) electrons. The summed E-state index contributed by atoms with van der Waals surface area (Å²) in [6.07, 6.45) is 2.74. The zero-order chi connectivity index (χ0) is 12.7. The van der Waals surface area contributed by atoms with Crippen LogP contribution in [0.15, 0.2) is 24.3 Å². The summed E-state index contributed by atoms with van der Waals surface area (Å²) in [6.45, 7) is 2.25. The molecule has 0 amide bonds. The Bertz CT molecular complexity index is 375. The Morgan fingerprint density at radius 2 is 1.71 bits per heavy atom. The molecule has 5 heteroatoms. The molecule has 1 rings (SSSR count). The minimum absolute atomic E-state index is 0.113. The lowest BCUT2D eigenvalue weighted by Gasteiger charge is -2.19. The molecule has 96 valence electrons. The third-order valence-electron chi connectivity index (χ3n) is 2.43. The van der Waals surface area contributed by atoms with Gasteiger partial charge in [0.2, 0.25) is 0 Å². The van der Waals surface area contributed by atoms with Crippen molar-refractivity contribution < 1.29 is 18.5 Å². The van der Waals surface area contributed by atoms with E-state index in [0.717, 1.165) is 25.5 Å². The standard InChI is InChI=1S/C12H19O4P/c1-3-4-11-5-7-12(8-6-11)9-10-16-17(13,14)15-2/h5-8H,3-4,9-10H2,1-2H3,(H,13,14)/p-1. The summed E-state index contributed by atoms with van der Waals surface area (Å²) in [7, 11) is -2.99. The van der Waals surface area contributed by atoms with Gasteiger partial charge in [0.15, 0.2) is 0 Å². The predicted molar refractivity (Wildman–Crippen MR) is 64.7 cm³/mol. The minimum Gasteiger partial charge on any atom is -0.756 e. The van der Waals surface area contributed by atoms with Crippen molar-refractivity contribution in [1.82, 2.24) is 0 Å². The first-order chi connectivity index (χ1) is 8.07. The fraction of sp³-hybridized carbons (Fsp3) is 0.500. The molecule has 0 saturated heterocycles. The average Bonchev–Trinajstić information content (AvgIpc) is 2.32. The Kier molecular flexibility index (Phi) is 5.86. The first-order valence-electron chi connectivity index (χ1n) is 5.66. The number of hydrogen-bond donors (Lipinski definition) is 0. The summed E-state index contributed by atoms with van der Waals surface area (Å²) in [5.74, 6) is 0. The topological polar surface area (TPSA) is 58.6 Å². The molecule has 4 nitrogen and oxygen atoms in total. The van der Waals surface area contributed by atoms with Crippen LogP contribution in [0.25, 0.3) is 0 Å². The molecular weight excluding hydrogens is 239 g/mol. The van der Waals surface area contributed by atoms with Gasteiger partial charge in [0.25, 0.3) is 7.82 Å². The number of phosphoric ester groups is 1. The maximum absolute atomic E-state index is 10.9. The van der Waals surface area contributed by atoms with E-state index in [1.165, 1.54) is 5.56 Å². The Balaban J connectivity index is 2.40. The SMILES string of the molecule is CCCc1ccc(CCOP(=O)([O-])OC)cc1. The van der Waals surface area contributed by atoms with E-state index in [1.54, 1.807) is 0 Å². The monoisotopic (exact) mass is 257 g/mol. The third-order valence-corrected chi connectivity index (χ3v) is 3.37. The summed E-state index contributed by atoms with van der Waals surface area (Å²) in [6, 6.07) is 8.12. The molecule has 0 fully saturated rings. The predicted octanol–water partition coefficient (Wildman–Crippen LogP) is 2.31. The molecule has 0 aromatic heterocycles. The van der Waals surface area contributed by atoms with Crippen LogP contribution in [0.5, 0.6) is 0 Å². The van der Waals surface area contributed by atoms with Gasteiger partial charge in [-0.3, -0.25) is 4.57 Å². The maximum atomic E-state index is 10.9. The molecule has 0 spiro atoms. The number of phosphoric acid groups is 1. The molecule has 17 heavy (non-hydrogen) atoms. The van der Waals surface area contributed by atoms with E-state index in [0.29, 0.717) is 6.42 Å². The lowest BCUT2D eigenvalue weighted by Crippen LogP contribution is -2.08. The van der Waals surface area contributed by atoms with E-state index in [2.05, 4.69) is 28.1 Å². The second kappa shape index (κ2) is 6.92. The molecule has 1 aromatic carbocycles. The molecule has 0 N–H and O–H groups in total. The van der Waals surface area contributed by atoms with Gasteiger partial charge >= 0.3 is 0 Å². The van der Waals surface area contributed by atoms with Gasteiger partial charge in [0.1, 0.15) is 0 Å². The van der Waals surface area contributed by atoms with Crippen LogP contribution in [0, 0.1) is 0 Å². The fourth-order valence-corrected chi connectivity index (χ4v) is 1.91. The second-order valence-electron chi connectivity index (χ2n) is 3.78. The summed E-state index contributed by atoms with van der Waals surface area (Å²) >= 11 is 0. The van der Waals surface area contributed by atoms with Gasteiger partial charge in [0.05, 0.1) is 6.61 Å². The second-order valence-corrected chi connectivity index (χ2v) is 5.30. The third kappa shape index (κ3) is 5.46. The first-order valence-corrected chi connectivity index (χ1v) is 7.12. The Hall–Kier alpha value is -0.670. The molecule has 0 bridgehead atoms. The largest absolute Gasteiger partial charge is 0.756 e. The molecule has 1 aromatic rings. The van der Waals surface area contributed by atoms with E-state index in [-0.39, 0.29) is 6.61 Å². The number of hydrogen-bond acceptors (Lipinski definition) is 4. The van der Waals surface area contributed by atoms with Crippen molar-refractivity contribution in [3.8, 4) is 0 Å². The van der Waals surface area contributed by atoms with Crippen molar-refractivity contribution in [2.45, 2.75) is 26.2 Å². The van der Waals surface area contributed by atoms with Gasteiger partial charge in [0, 0.05) is 7.11 Å². The van der Waals surface area contributed by atoms with Crippen molar-refractivity contribution in [2.24, 2.45) is 0 Å². The van der Waals surface area contributed by atoms with Crippen LogP contribution in [0.3, 0.4) is 0 Å². The van der Waals surface area contributed by atoms with Gasteiger partial charge in [-0.25, -0.2) is 0 Å². The van der Waals surface area contributed by atoms with Gasteiger partial charge in [-0.15, -0.1) is 0 Å². The molecule has 1 unspecified atom stereocenters. The minimum atomic E-state index is -4.08. The first kappa shape index (κ1) is 14.4. The van der Waals surface area contributed by atoms with Crippen LogP contribution in [0.2, 0.25) is 0 Å². The molecule has 0 aliphatic carbocycles. The molecule has 0 aliphatic heterocycles. The van der Waals surface area contributed by atoms with Crippen LogP contribution in [-0.4, -0.2) is 13.7 Å². The highest BCUT2D eigenvalue weighted by atomic mass is 31.2. The van der Waals surface area contributed by atoms with Crippen molar-refractivity contribution in [3.63, 3.8) is 0 Å². The van der Waals surface area contributed by atoms with E-state index < -0.39 is 7.82 Å². The lowest BCUT2D eigenvalue weighted by atomic mass is 10.1. The van der Waals surface area contributed by atoms with Gasteiger partial charge in [-0.05, 0) is 24.0 Å². The summed E-state index contributed by atoms with van der Waals surface area (Å²) in [5, 5.41) is 0. The highest BCUT2D eigenvalue weighted by Crippen LogP contribution is 2.36.